The number of hydrogen-bond donors (Lipinski definition) is 1. The van der Waals surface area contributed by atoms with Crippen molar-refractivity contribution in [1.82, 2.24) is 10.2 Å². The molecule has 0 radical (unpaired) electrons. The summed E-state index contributed by atoms with van der Waals surface area (Å²) in [5, 5.41) is 6.74. The van der Waals surface area contributed by atoms with Gasteiger partial charge in [0.2, 0.25) is 0 Å². The second-order valence-corrected chi connectivity index (χ2v) is 3.26. The maximum atomic E-state index is 11.5. The summed E-state index contributed by atoms with van der Waals surface area (Å²) in [5.41, 5.74) is 0.390. The summed E-state index contributed by atoms with van der Waals surface area (Å²) in [6.45, 7) is 2.25. The van der Waals surface area contributed by atoms with Gasteiger partial charge in [0, 0.05) is 6.20 Å². The van der Waals surface area contributed by atoms with E-state index in [1.807, 2.05) is 13.0 Å². The Kier molecular flexibility index (Phi) is 1.83. The lowest BCUT2D eigenvalue weighted by molar-refractivity contribution is -0.146. The van der Waals surface area contributed by atoms with E-state index in [2.05, 4.69) is 10.2 Å². The van der Waals surface area contributed by atoms with Gasteiger partial charge in [0.05, 0.1) is 12.3 Å². The van der Waals surface area contributed by atoms with E-state index in [-0.39, 0.29) is 5.97 Å². The van der Waals surface area contributed by atoms with Crippen LogP contribution in [-0.4, -0.2) is 22.8 Å². The molecule has 1 heterocycles. The molecule has 1 aromatic rings. The van der Waals surface area contributed by atoms with Crippen LogP contribution in [0.15, 0.2) is 12.3 Å². The zero-order valence-corrected chi connectivity index (χ0v) is 7.54. The van der Waals surface area contributed by atoms with Gasteiger partial charge in [-0.2, -0.15) is 5.10 Å². The molecule has 0 aromatic carbocycles. The fourth-order valence-electron chi connectivity index (χ4n) is 1.49. The molecule has 0 bridgehead atoms. The summed E-state index contributed by atoms with van der Waals surface area (Å²) in [4.78, 5) is 11.5. The standard InChI is InChI=1S/C9H12N2O2/c1-2-13-8(12)9(4-5-9)7-3-6-10-11-7/h3,6H,2,4-5H2,1H3,(H,10,11). The fraction of sp³-hybridized carbons (Fsp3) is 0.556. The van der Waals surface area contributed by atoms with Crippen molar-refractivity contribution in [3.05, 3.63) is 18.0 Å². The Morgan fingerprint density at radius 1 is 1.77 bits per heavy atom. The van der Waals surface area contributed by atoms with Gasteiger partial charge in [-0.3, -0.25) is 9.89 Å². The first-order valence-corrected chi connectivity index (χ1v) is 4.47. The molecule has 1 fully saturated rings. The summed E-state index contributed by atoms with van der Waals surface area (Å²) in [5.74, 6) is -0.137. The van der Waals surface area contributed by atoms with Crippen molar-refractivity contribution in [1.29, 1.82) is 0 Å². The highest BCUT2D eigenvalue weighted by atomic mass is 16.5. The Hall–Kier alpha value is -1.32. The van der Waals surface area contributed by atoms with Crippen molar-refractivity contribution >= 4 is 5.97 Å². The SMILES string of the molecule is CCOC(=O)C1(c2cc[nH]n2)CC1. The summed E-state index contributed by atoms with van der Waals surface area (Å²) < 4.78 is 5.00. The first-order chi connectivity index (χ1) is 6.29. The third-order valence-electron chi connectivity index (χ3n) is 2.41. The molecule has 1 N–H and O–H groups in total. The van der Waals surface area contributed by atoms with E-state index in [9.17, 15) is 4.79 Å². The third kappa shape index (κ3) is 1.22. The molecule has 4 heteroatoms. The van der Waals surface area contributed by atoms with Gasteiger partial charge in [-0.1, -0.05) is 0 Å². The molecule has 2 rings (SSSR count). The van der Waals surface area contributed by atoms with Crippen LogP contribution in [0.1, 0.15) is 25.5 Å². The highest BCUT2D eigenvalue weighted by Crippen LogP contribution is 2.48. The van der Waals surface area contributed by atoms with Gasteiger partial charge in [0.15, 0.2) is 0 Å². The number of H-pyrrole nitrogens is 1. The number of hydrogen-bond acceptors (Lipinski definition) is 3. The Morgan fingerprint density at radius 2 is 2.54 bits per heavy atom. The van der Waals surface area contributed by atoms with Gasteiger partial charge in [0.25, 0.3) is 0 Å². The van der Waals surface area contributed by atoms with Crippen molar-refractivity contribution in [2.24, 2.45) is 0 Å². The minimum atomic E-state index is -0.421. The number of carbonyl (C=O) groups is 1. The van der Waals surface area contributed by atoms with Crippen LogP contribution in [0.25, 0.3) is 0 Å². The summed E-state index contributed by atoms with van der Waals surface area (Å²) in [6, 6.07) is 1.84. The highest BCUT2D eigenvalue weighted by molar-refractivity contribution is 5.85. The number of carbonyl (C=O) groups excluding carboxylic acids is 1. The van der Waals surface area contributed by atoms with Gasteiger partial charge in [-0.05, 0) is 25.8 Å². The van der Waals surface area contributed by atoms with Crippen molar-refractivity contribution in [3.8, 4) is 0 Å². The fourth-order valence-corrected chi connectivity index (χ4v) is 1.49. The van der Waals surface area contributed by atoms with Gasteiger partial charge >= 0.3 is 5.97 Å². The van der Waals surface area contributed by atoms with Crippen LogP contribution in [0.2, 0.25) is 0 Å². The topological polar surface area (TPSA) is 55.0 Å². The highest BCUT2D eigenvalue weighted by Gasteiger charge is 2.54. The molecular weight excluding hydrogens is 168 g/mol. The zero-order chi connectivity index (χ0) is 9.31. The minimum absolute atomic E-state index is 0.137. The molecule has 0 atom stereocenters. The first-order valence-electron chi connectivity index (χ1n) is 4.47. The minimum Gasteiger partial charge on any atom is -0.465 e. The van der Waals surface area contributed by atoms with Crippen molar-refractivity contribution in [3.63, 3.8) is 0 Å². The van der Waals surface area contributed by atoms with Crippen LogP contribution in [0.5, 0.6) is 0 Å². The summed E-state index contributed by atoms with van der Waals surface area (Å²) >= 11 is 0. The molecule has 4 nitrogen and oxygen atoms in total. The van der Waals surface area contributed by atoms with Crippen LogP contribution in [0, 0.1) is 0 Å². The Balaban J connectivity index is 2.17. The van der Waals surface area contributed by atoms with Crippen LogP contribution < -0.4 is 0 Å². The smallest absolute Gasteiger partial charge is 0.318 e. The second-order valence-electron chi connectivity index (χ2n) is 3.26. The molecule has 1 aliphatic carbocycles. The van der Waals surface area contributed by atoms with Crippen LogP contribution in [0.4, 0.5) is 0 Å². The molecule has 13 heavy (non-hydrogen) atoms. The maximum absolute atomic E-state index is 11.5. The van der Waals surface area contributed by atoms with E-state index in [4.69, 9.17) is 4.74 Å². The summed E-state index contributed by atoms with van der Waals surface area (Å²) in [7, 11) is 0. The number of aromatic nitrogens is 2. The molecule has 0 unspecified atom stereocenters. The van der Waals surface area contributed by atoms with E-state index in [1.54, 1.807) is 6.20 Å². The predicted octanol–water partition coefficient (Wildman–Crippen LogP) is 1.00. The number of esters is 1. The lowest BCUT2D eigenvalue weighted by Crippen LogP contribution is -2.23. The quantitative estimate of drug-likeness (QED) is 0.706. The van der Waals surface area contributed by atoms with E-state index < -0.39 is 5.41 Å². The summed E-state index contributed by atoms with van der Waals surface area (Å²) in [6.07, 6.45) is 3.45. The van der Waals surface area contributed by atoms with E-state index in [0.29, 0.717) is 6.61 Å². The molecule has 0 amide bonds. The van der Waals surface area contributed by atoms with Crippen LogP contribution in [0.3, 0.4) is 0 Å². The molecule has 1 saturated carbocycles. The lowest BCUT2D eigenvalue weighted by atomic mass is 10.0. The van der Waals surface area contributed by atoms with Crippen molar-refractivity contribution < 1.29 is 9.53 Å². The van der Waals surface area contributed by atoms with Crippen LogP contribution >= 0.6 is 0 Å². The molecule has 1 aliphatic rings. The van der Waals surface area contributed by atoms with Crippen molar-refractivity contribution in [2.75, 3.05) is 6.61 Å². The van der Waals surface area contributed by atoms with Crippen molar-refractivity contribution in [2.45, 2.75) is 25.2 Å². The average molecular weight is 180 g/mol. The first kappa shape index (κ1) is 8.29. The van der Waals surface area contributed by atoms with Gasteiger partial charge in [-0.15, -0.1) is 0 Å². The number of nitrogens with zero attached hydrogens (tertiary/aromatic N) is 1. The zero-order valence-electron chi connectivity index (χ0n) is 7.54. The normalized spacial score (nSPS) is 18.2. The molecular formula is C9H12N2O2. The number of nitrogens with one attached hydrogen (secondary N) is 1. The van der Waals surface area contributed by atoms with Gasteiger partial charge in [0.1, 0.15) is 5.41 Å². The molecule has 1 aromatic heterocycles. The Bertz CT molecular complexity index is 301. The van der Waals surface area contributed by atoms with E-state index in [1.165, 1.54) is 0 Å². The molecule has 70 valence electrons. The third-order valence-corrected chi connectivity index (χ3v) is 2.41. The predicted molar refractivity (Wildman–Crippen MR) is 46.1 cm³/mol. The monoisotopic (exact) mass is 180 g/mol. The Morgan fingerprint density at radius 3 is 3.00 bits per heavy atom. The average Bonchev–Trinajstić information content (AvgIpc) is 2.76. The second kappa shape index (κ2) is 2.87. The Labute approximate surface area is 76.3 Å². The number of ether oxygens (including phenoxy) is 1. The lowest BCUT2D eigenvalue weighted by Gasteiger charge is -2.09. The van der Waals surface area contributed by atoms with Crippen LogP contribution in [-0.2, 0) is 14.9 Å². The van der Waals surface area contributed by atoms with Gasteiger partial charge in [-0.25, -0.2) is 0 Å². The molecule has 0 spiro atoms. The van der Waals surface area contributed by atoms with E-state index in [0.717, 1.165) is 18.5 Å². The number of rotatable bonds is 3. The van der Waals surface area contributed by atoms with E-state index >= 15 is 0 Å². The van der Waals surface area contributed by atoms with Gasteiger partial charge < -0.3 is 4.74 Å². The largest absolute Gasteiger partial charge is 0.465 e. The number of aromatic amines is 1. The molecule has 0 saturated heterocycles. The maximum Gasteiger partial charge on any atom is 0.318 e. The molecule has 0 aliphatic heterocycles.